The Kier molecular flexibility index (Phi) is 3.24. The summed E-state index contributed by atoms with van der Waals surface area (Å²) in [7, 11) is 0. The molecule has 2 heteroatoms. The second kappa shape index (κ2) is 5.36. The summed E-state index contributed by atoms with van der Waals surface area (Å²) in [6.07, 6.45) is 3.54. The van der Waals surface area contributed by atoms with Gasteiger partial charge in [0.15, 0.2) is 0 Å². The molecule has 2 nitrogen and oxygen atoms in total. The van der Waals surface area contributed by atoms with Crippen molar-refractivity contribution in [3.05, 3.63) is 79.1 Å². The Balaban J connectivity index is 1.99. The van der Waals surface area contributed by atoms with E-state index in [-0.39, 0.29) is 0 Å². The number of aromatic nitrogens is 1. The van der Waals surface area contributed by atoms with Crippen molar-refractivity contribution in [1.29, 1.82) is 0 Å². The van der Waals surface area contributed by atoms with Crippen molar-refractivity contribution in [2.45, 2.75) is 0 Å². The van der Waals surface area contributed by atoms with Crippen molar-refractivity contribution < 1.29 is 4.74 Å². The molecule has 0 atom stereocenters. The molecule has 1 radical (unpaired) electrons. The summed E-state index contributed by atoms with van der Waals surface area (Å²) in [6.45, 7) is 0. The number of hydrogen-bond acceptors (Lipinski definition) is 2. The monoisotopic (exact) mass is 246 g/mol. The Bertz CT molecular complexity index is 650. The SMILES string of the molecule is [c]1cccc(-c2ccncc2)c1Oc1ccccc1. The first-order chi connectivity index (χ1) is 9.43. The van der Waals surface area contributed by atoms with Gasteiger partial charge in [-0.3, -0.25) is 4.98 Å². The van der Waals surface area contributed by atoms with Gasteiger partial charge in [0.2, 0.25) is 0 Å². The summed E-state index contributed by atoms with van der Waals surface area (Å²) in [4.78, 5) is 4.03. The summed E-state index contributed by atoms with van der Waals surface area (Å²) in [6, 6.07) is 22.6. The lowest BCUT2D eigenvalue weighted by Crippen LogP contribution is -1.88. The Hall–Kier alpha value is -2.61. The molecule has 3 aromatic rings. The minimum atomic E-state index is 0.722. The first-order valence-electron chi connectivity index (χ1n) is 6.07. The van der Waals surface area contributed by atoms with Crippen molar-refractivity contribution in [2.75, 3.05) is 0 Å². The Labute approximate surface area is 112 Å². The lowest BCUT2D eigenvalue weighted by atomic mass is 10.1. The molecule has 0 unspecified atom stereocenters. The fraction of sp³-hybridized carbons (Fsp3) is 0. The van der Waals surface area contributed by atoms with Crippen LogP contribution in [0.2, 0.25) is 0 Å². The standard InChI is InChI=1S/C17H12NO/c1-2-6-15(7-3-1)19-17-9-5-4-8-16(17)14-10-12-18-13-11-14/h1-8,10-13H. The summed E-state index contributed by atoms with van der Waals surface area (Å²) in [5.41, 5.74) is 2.08. The van der Waals surface area contributed by atoms with Crippen LogP contribution in [0.25, 0.3) is 11.1 Å². The molecule has 0 saturated heterocycles. The normalized spacial score (nSPS) is 10.1. The molecule has 1 aromatic heterocycles. The minimum Gasteiger partial charge on any atom is -0.456 e. The van der Waals surface area contributed by atoms with E-state index in [2.05, 4.69) is 11.1 Å². The third kappa shape index (κ3) is 2.63. The first kappa shape index (κ1) is 11.5. The lowest BCUT2D eigenvalue weighted by molar-refractivity contribution is 0.483. The van der Waals surface area contributed by atoms with E-state index in [0.29, 0.717) is 0 Å². The number of rotatable bonds is 3. The van der Waals surface area contributed by atoms with Crippen molar-refractivity contribution in [3.8, 4) is 22.6 Å². The largest absolute Gasteiger partial charge is 0.456 e. The average molecular weight is 246 g/mol. The van der Waals surface area contributed by atoms with E-state index in [1.165, 1.54) is 0 Å². The Morgan fingerprint density at radius 1 is 0.842 bits per heavy atom. The van der Waals surface area contributed by atoms with Crippen LogP contribution in [0.5, 0.6) is 11.5 Å². The smallest absolute Gasteiger partial charge is 0.143 e. The van der Waals surface area contributed by atoms with Crippen molar-refractivity contribution in [3.63, 3.8) is 0 Å². The minimum absolute atomic E-state index is 0.722. The van der Waals surface area contributed by atoms with E-state index >= 15 is 0 Å². The fourth-order valence-corrected chi connectivity index (χ4v) is 1.87. The van der Waals surface area contributed by atoms with Crippen LogP contribution in [0.4, 0.5) is 0 Å². The van der Waals surface area contributed by atoms with Crippen LogP contribution in [0.1, 0.15) is 0 Å². The van der Waals surface area contributed by atoms with Gasteiger partial charge in [-0.15, -0.1) is 0 Å². The number of para-hydroxylation sites is 2. The third-order valence-corrected chi connectivity index (χ3v) is 2.77. The highest BCUT2D eigenvalue weighted by atomic mass is 16.5. The molecular weight excluding hydrogens is 234 g/mol. The van der Waals surface area contributed by atoms with Gasteiger partial charge in [0, 0.05) is 24.0 Å². The predicted octanol–water partition coefficient (Wildman–Crippen LogP) is 4.34. The molecule has 0 fully saturated rings. The van der Waals surface area contributed by atoms with E-state index in [4.69, 9.17) is 4.74 Å². The zero-order chi connectivity index (χ0) is 12.9. The molecular formula is C17H12NO. The summed E-state index contributed by atoms with van der Waals surface area (Å²) in [5.74, 6) is 1.53. The van der Waals surface area contributed by atoms with Gasteiger partial charge < -0.3 is 4.74 Å². The van der Waals surface area contributed by atoms with Crippen molar-refractivity contribution in [1.82, 2.24) is 4.98 Å². The molecule has 0 aliphatic heterocycles. The lowest BCUT2D eigenvalue weighted by Gasteiger charge is -2.10. The zero-order valence-corrected chi connectivity index (χ0v) is 10.3. The summed E-state index contributed by atoms with van der Waals surface area (Å²) < 4.78 is 5.89. The zero-order valence-electron chi connectivity index (χ0n) is 10.3. The molecule has 0 amide bonds. The molecule has 91 valence electrons. The molecule has 0 aliphatic carbocycles. The highest BCUT2D eigenvalue weighted by Crippen LogP contribution is 2.32. The highest BCUT2D eigenvalue weighted by molar-refractivity contribution is 5.70. The number of hydrogen-bond donors (Lipinski definition) is 0. The molecule has 19 heavy (non-hydrogen) atoms. The van der Waals surface area contributed by atoms with E-state index in [9.17, 15) is 0 Å². The van der Waals surface area contributed by atoms with E-state index in [1.807, 2.05) is 60.7 Å². The first-order valence-corrected chi connectivity index (χ1v) is 6.07. The Morgan fingerprint density at radius 3 is 2.42 bits per heavy atom. The molecule has 0 N–H and O–H groups in total. The van der Waals surface area contributed by atoms with Gasteiger partial charge in [-0.05, 0) is 29.8 Å². The third-order valence-electron chi connectivity index (χ3n) is 2.77. The van der Waals surface area contributed by atoms with Gasteiger partial charge in [-0.1, -0.05) is 36.4 Å². The number of ether oxygens (including phenoxy) is 1. The maximum Gasteiger partial charge on any atom is 0.143 e. The molecule has 0 aliphatic rings. The van der Waals surface area contributed by atoms with E-state index in [0.717, 1.165) is 22.6 Å². The molecule has 0 bridgehead atoms. The van der Waals surface area contributed by atoms with Crippen LogP contribution < -0.4 is 4.74 Å². The maximum atomic E-state index is 5.89. The number of nitrogens with zero attached hydrogens (tertiary/aromatic N) is 1. The van der Waals surface area contributed by atoms with E-state index in [1.54, 1.807) is 12.4 Å². The van der Waals surface area contributed by atoms with Crippen molar-refractivity contribution >= 4 is 0 Å². The van der Waals surface area contributed by atoms with E-state index < -0.39 is 0 Å². The van der Waals surface area contributed by atoms with Crippen LogP contribution in [-0.4, -0.2) is 4.98 Å². The quantitative estimate of drug-likeness (QED) is 0.685. The van der Waals surface area contributed by atoms with Crippen LogP contribution in [0.3, 0.4) is 0 Å². The molecule has 0 saturated carbocycles. The molecule has 0 spiro atoms. The highest BCUT2D eigenvalue weighted by Gasteiger charge is 2.06. The van der Waals surface area contributed by atoms with Gasteiger partial charge >= 0.3 is 0 Å². The topological polar surface area (TPSA) is 22.1 Å². The summed E-state index contributed by atoms with van der Waals surface area (Å²) in [5, 5.41) is 0. The number of benzene rings is 2. The maximum absolute atomic E-state index is 5.89. The fourth-order valence-electron chi connectivity index (χ4n) is 1.87. The summed E-state index contributed by atoms with van der Waals surface area (Å²) >= 11 is 0. The van der Waals surface area contributed by atoms with Crippen LogP contribution in [0.15, 0.2) is 73.1 Å². The van der Waals surface area contributed by atoms with Crippen molar-refractivity contribution in [2.24, 2.45) is 0 Å². The van der Waals surface area contributed by atoms with Gasteiger partial charge in [0.25, 0.3) is 0 Å². The molecule has 3 rings (SSSR count). The van der Waals surface area contributed by atoms with Crippen LogP contribution in [-0.2, 0) is 0 Å². The number of pyridine rings is 1. The Morgan fingerprint density at radius 2 is 1.63 bits per heavy atom. The van der Waals surface area contributed by atoms with Crippen LogP contribution in [0, 0.1) is 6.07 Å². The molecule has 2 aromatic carbocycles. The average Bonchev–Trinajstić information content (AvgIpc) is 2.50. The molecule has 1 heterocycles. The van der Waals surface area contributed by atoms with Gasteiger partial charge in [-0.2, -0.15) is 0 Å². The van der Waals surface area contributed by atoms with Gasteiger partial charge in [0.05, 0.1) is 0 Å². The van der Waals surface area contributed by atoms with Gasteiger partial charge in [0.1, 0.15) is 11.5 Å². The predicted molar refractivity (Wildman–Crippen MR) is 75.0 cm³/mol. The second-order valence-electron chi connectivity index (χ2n) is 4.06. The second-order valence-corrected chi connectivity index (χ2v) is 4.06. The van der Waals surface area contributed by atoms with Gasteiger partial charge in [-0.25, -0.2) is 0 Å². The van der Waals surface area contributed by atoms with Crippen LogP contribution >= 0.6 is 0 Å².